The molecule has 0 bridgehead atoms. The van der Waals surface area contributed by atoms with Crippen LogP contribution in [0.4, 0.5) is 0 Å². The summed E-state index contributed by atoms with van der Waals surface area (Å²) in [5.74, 6) is -0.00209. The summed E-state index contributed by atoms with van der Waals surface area (Å²) in [6, 6.07) is -0.536. The quantitative estimate of drug-likeness (QED) is 0.0320. The van der Waals surface area contributed by atoms with Crippen molar-refractivity contribution in [2.24, 2.45) is 0 Å². The minimum atomic E-state index is -0.660. The summed E-state index contributed by atoms with van der Waals surface area (Å²) < 4.78 is 5.50. The number of amides is 1. The van der Waals surface area contributed by atoms with Crippen LogP contribution < -0.4 is 5.32 Å². The first-order chi connectivity index (χ1) is 41.0. The number of hydrogen-bond donors (Lipinski definition) is 3. The van der Waals surface area contributed by atoms with Crippen molar-refractivity contribution >= 4 is 11.9 Å². The Bertz CT molecular complexity index is 1260. The zero-order valence-electron chi connectivity index (χ0n) is 56.7. The molecule has 6 heteroatoms. The topological polar surface area (TPSA) is 95.9 Å². The molecule has 0 rings (SSSR count). The van der Waals surface area contributed by atoms with Crippen LogP contribution in [0.3, 0.4) is 0 Å². The van der Waals surface area contributed by atoms with E-state index in [2.05, 4.69) is 31.3 Å². The Morgan fingerprint density at radius 1 is 0.325 bits per heavy atom. The van der Waals surface area contributed by atoms with E-state index in [1.807, 2.05) is 0 Å². The SMILES string of the molecule is CCCCCCCCCCCCCCCCC(=O)OCCCCCCCCCCCCCCCCCCCC/C=C\CCCCCCCCCCCCCCCCCCCC(=O)NC(CO)C(O)CCCCCCCCCCCCCCC. The van der Waals surface area contributed by atoms with Crippen LogP contribution in [0.1, 0.15) is 444 Å². The zero-order valence-corrected chi connectivity index (χ0v) is 56.7. The molecule has 0 spiro atoms. The van der Waals surface area contributed by atoms with Crippen LogP contribution in [-0.2, 0) is 14.3 Å². The van der Waals surface area contributed by atoms with Gasteiger partial charge in [-0.1, -0.05) is 392 Å². The summed E-state index contributed by atoms with van der Waals surface area (Å²) in [6.45, 7) is 5.00. The van der Waals surface area contributed by atoms with E-state index in [-0.39, 0.29) is 18.5 Å². The van der Waals surface area contributed by atoms with E-state index in [1.54, 1.807) is 0 Å². The molecule has 0 aliphatic carbocycles. The number of aliphatic hydroxyl groups excluding tert-OH is 2. The predicted molar refractivity (Wildman–Crippen MR) is 366 cm³/mol. The van der Waals surface area contributed by atoms with Gasteiger partial charge in [0.25, 0.3) is 0 Å². The molecule has 83 heavy (non-hydrogen) atoms. The van der Waals surface area contributed by atoms with Gasteiger partial charge in [0.1, 0.15) is 0 Å². The second kappa shape index (κ2) is 73.1. The van der Waals surface area contributed by atoms with Crippen LogP contribution >= 0.6 is 0 Å². The van der Waals surface area contributed by atoms with Gasteiger partial charge in [0.05, 0.1) is 25.4 Å². The molecular formula is C77H151NO5. The van der Waals surface area contributed by atoms with E-state index in [9.17, 15) is 19.8 Å². The average molecular weight is 1170 g/mol. The molecular weight excluding hydrogens is 1020 g/mol. The van der Waals surface area contributed by atoms with E-state index in [0.717, 1.165) is 38.5 Å². The molecule has 2 atom stereocenters. The van der Waals surface area contributed by atoms with Crippen LogP contribution in [0.5, 0.6) is 0 Å². The summed E-state index contributed by atoms with van der Waals surface area (Å²) in [4.78, 5) is 24.6. The standard InChI is InChI=1S/C77H151NO5/c1-3-5-7-9-11-13-15-17-47-51-55-59-63-67-71-77(82)83-72-68-64-60-56-52-48-44-42-40-38-36-34-32-30-28-26-24-22-20-18-19-21-23-25-27-29-31-33-35-37-39-41-43-46-50-54-58-62-66-70-76(81)78-74(73-79)75(80)69-65-61-57-53-49-45-16-14-12-10-8-6-4-2/h18-19,74-75,79-80H,3-17,20-73H2,1-2H3,(H,78,81)/b19-18-. The summed E-state index contributed by atoms with van der Waals surface area (Å²) in [6.07, 6.45) is 91.7. The third-order valence-corrected chi connectivity index (χ3v) is 18.3. The van der Waals surface area contributed by atoms with E-state index in [1.165, 1.54) is 372 Å². The average Bonchev–Trinajstić information content (AvgIpc) is 3.49. The molecule has 0 saturated heterocycles. The van der Waals surface area contributed by atoms with Gasteiger partial charge in [-0.15, -0.1) is 0 Å². The highest BCUT2D eigenvalue weighted by molar-refractivity contribution is 5.76. The number of carbonyl (C=O) groups is 2. The first-order valence-corrected chi connectivity index (χ1v) is 38.4. The summed E-state index contributed by atoms with van der Waals surface area (Å²) >= 11 is 0. The van der Waals surface area contributed by atoms with Crippen LogP contribution in [0.25, 0.3) is 0 Å². The fraction of sp³-hybridized carbons (Fsp3) is 0.948. The van der Waals surface area contributed by atoms with Crippen molar-refractivity contribution in [3.05, 3.63) is 12.2 Å². The van der Waals surface area contributed by atoms with E-state index < -0.39 is 12.1 Å². The molecule has 2 unspecified atom stereocenters. The van der Waals surface area contributed by atoms with Crippen molar-refractivity contribution in [2.75, 3.05) is 13.2 Å². The number of unbranched alkanes of at least 4 members (excludes halogenated alkanes) is 60. The van der Waals surface area contributed by atoms with Gasteiger partial charge in [-0.05, 0) is 51.4 Å². The molecule has 0 aromatic rings. The molecule has 0 aliphatic rings. The summed E-state index contributed by atoms with van der Waals surface area (Å²) in [7, 11) is 0. The van der Waals surface area contributed by atoms with Gasteiger partial charge < -0.3 is 20.3 Å². The number of ether oxygens (including phenoxy) is 1. The van der Waals surface area contributed by atoms with Gasteiger partial charge in [-0.3, -0.25) is 9.59 Å². The molecule has 1 amide bonds. The lowest BCUT2D eigenvalue weighted by atomic mass is 10.0. The minimum Gasteiger partial charge on any atom is -0.466 e. The first-order valence-electron chi connectivity index (χ1n) is 38.4. The van der Waals surface area contributed by atoms with Gasteiger partial charge in [0, 0.05) is 12.8 Å². The van der Waals surface area contributed by atoms with Gasteiger partial charge >= 0.3 is 5.97 Å². The Kier molecular flexibility index (Phi) is 71.8. The lowest BCUT2D eigenvalue weighted by Crippen LogP contribution is -2.45. The van der Waals surface area contributed by atoms with Gasteiger partial charge in [-0.2, -0.15) is 0 Å². The van der Waals surface area contributed by atoms with Crippen molar-refractivity contribution in [1.29, 1.82) is 0 Å². The van der Waals surface area contributed by atoms with Crippen molar-refractivity contribution in [3.63, 3.8) is 0 Å². The molecule has 0 aliphatic heterocycles. The monoisotopic (exact) mass is 1170 g/mol. The minimum absolute atomic E-state index is 0.0257. The molecule has 0 aromatic carbocycles. The molecule has 0 fully saturated rings. The summed E-state index contributed by atoms with van der Waals surface area (Å²) in [5.41, 5.74) is 0. The van der Waals surface area contributed by atoms with E-state index in [0.29, 0.717) is 25.9 Å². The number of hydrogen-bond acceptors (Lipinski definition) is 5. The number of esters is 1. The van der Waals surface area contributed by atoms with E-state index >= 15 is 0 Å². The second-order valence-electron chi connectivity index (χ2n) is 26.7. The highest BCUT2D eigenvalue weighted by atomic mass is 16.5. The third kappa shape index (κ3) is 69.6. The Morgan fingerprint density at radius 2 is 0.566 bits per heavy atom. The lowest BCUT2D eigenvalue weighted by Gasteiger charge is -2.22. The Labute approximate surface area is 520 Å². The number of rotatable bonds is 73. The summed E-state index contributed by atoms with van der Waals surface area (Å²) in [5, 5.41) is 23.3. The molecule has 6 nitrogen and oxygen atoms in total. The van der Waals surface area contributed by atoms with Crippen LogP contribution in [0, 0.1) is 0 Å². The maximum absolute atomic E-state index is 12.5. The molecule has 494 valence electrons. The number of allylic oxidation sites excluding steroid dienone is 2. The lowest BCUT2D eigenvalue weighted by molar-refractivity contribution is -0.143. The van der Waals surface area contributed by atoms with Gasteiger partial charge in [0.15, 0.2) is 0 Å². The van der Waals surface area contributed by atoms with Gasteiger partial charge in [0.2, 0.25) is 5.91 Å². The maximum atomic E-state index is 12.5. The normalized spacial score (nSPS) is 12.5. The van der Waals surface area contributed by atoms with Crippen LogP contribution in [0.15, 0.2) is 12.2 Å². The number of carbonyl (C=O) groups excluding carboxylic acids is 2. The largest absolute Gasteiger partial charge is 0.466 e. The molecule has 0 heterocycles. The van der Waals surface area contributed by atoms with Crippen molar-refractivity contribution in [2.45, 2.75) is 456 Å². The third-order valence-electron chi connectivity index (χ3n) is 18.3. The molecule has 3 N–H and O–H groups in total. The fourth-order valence-electron chi connectivity index (χ4n) is 12.5. The number of nitrogens with one attached hydrogen (secondary N) is 1. The highest BCUT2D eigenvalue weighted by Gasteiger charge is 2.20. The van der Waals surface area contributed by atoms with Gasteiger partial charge in [-0.25, -0.2) is 0 Å². The Balaban J connectivity index is 3.29. The van der Waals surface area contributed by atoms with Crippen molar-refractivity contribution < 1.29 is 24.5 Å². The zero-order chi connectivity index (χ0) is 59.9. The highest BCUT2D eigenvalue weighted by Crippen LogP contribution is 2.20. The number of aliphatic hydroxyl groups is 2. The molecule has 0 radical (unpaired) electrons. The molecule has 0 saturated carbocycles. The van der Waals surface area contributed by atoms with Crippen LogP contribution in [0.2, 0.25) is 0 Å². The Hall–Kier alpha value is -1.40. The van der Waals surface area contributed by atoms with Crippen molar-refractivity contribution in [3.8, 4) is 0 Å². The second-order valence-corrected chi connectivity index (χ2v) is 26.7. The van der Waals surface area contributed by atoms with Crippen molar-refractivity contribution in [1.82, 2.24) is 5.32 Å². The first kappa shape index (κ1) is 81.6. The maximum Gasteiger partial charge on any atom is 0.305 e. The van der Waals surface area contributed by atoms with E-state index in [4.69, 9.17) is 4.74 Å². The fourth-order valence-corrected chi connectivity index (χ4v) is 12.5. The Morgan fingerprint density at radius 3 is 0.855 bits per heavy atom. The van der Waals surface area contributed by atoms with Crippen LogP contribution in [-0.4, -0.2) is 47.4 Å². The smallest absolute Gasteiger partial charge is 0.305 e. The molecule has 0 aromatic heterocycles. The predicted octanol–water partition coefficient (Wildman–Crippen LogP) is 25.1.